The minimum atomic E-state index is 0.224. The monoisotopic (exact) mass is 436 g/mol. The van der Waals surface area contributed by atoms with Crippen LogP contribution >= 0.6 is 11.6 Å². The van der Waals surface area contributed by atoms with Crippen molar-refractivity contribution in [3.63, 3.8) is 0 Å². The molecule has 0 aliphatic carbocycles. The average Bonchev–Trinajstić information content (AvgIpc) is 3.03. The van der Waals surface area contributed by atoms with E-state index < -0.39 is 0 Å². The maximum absolute atomic E-state index is 3.34. The predicted octanol–water partition coefficient (Wildman–Crippen LogP) is 5.44. The smallest absolute Gasteiger partial charge is 0.200 e. The summed E-state index contributed by atoms with van der Waals surface area (Å²) < 4.78 is 0. The summed E-state index contributed by atoms with van der Waals surface area (Å²) in [6, 6.07) is 33.3. The number of benzene rings is 4. The van der Waals surface area contributed by atoms with E-state index in [2.05, 4.69) is 78.5 Å². The van der Waals surface area contributed by atoms with E-state index >= 15 is 0 Å². The summed E-state index contributed by atoms with van der Waals surface area (Å²) in [5.41, 5.74) is 9.21. The summed E-state index contributed by atoms with van der Waals surface area (Å²) in [5.74, 6) is 13.5. The lowest BCUT2D eigenvalue weighted by Gasteiger charge is -2.15. The molecule has 4 aromatic rings. The average molecular weight is 436 g/mol. The van der Waals surface area contributed by atoms with Gasteiger partial charge in [0.15, 0.2) is 0 Å². The summed E-state index contributed by atoms with van der Waals surface area (Å²) >= 11 is 1.85. The van der Waals surface area contributed by atoms with Crippen molar-refractivity contribution in [2.24, 2.45) is 0 Å². The van der Waals surface area contributed by atoms with Crippen molar-refractivity contribution in [2.45, 2.75) is 0 Å². The van der Waals surface area contributed by atoms with Crippen LogP contribution in [0.1, 0.15) is 33.4 Å². The molecule has 0 unspecified atom stereocenters. The molecule has 0 spiro atoms. The fourth-order valence-corrected chi connectivity index (χ4v) is 4.91. The molecule has 1 heterocycles. The van der Waals surface area contributed by atoms with Gasteiger partial charge in [-0.15, -0.1) is 0 Å². The lowest BCUT2D eigenvalue weighted by molar-refractivity contribution is 1.63. The van der Waals surface area contributed by atoms with Crippen LogP contribution in [0.2, 0.25) is 0 Å². The van der Waals surface area contributed by atoms with Crippen LogP contribution in [-0.4, -0.2) is 12.2 Å². The Balaban J connectivity index is 1.52. The summed E-state index contributed by atoms with van der Waals surface area (Å²) in [6.07, 6.45) is 6.61. The molecule has 1 aliphatic heterocycles. The molecule has 0 radical (unpaired) electrons. The molecule has 33 heavy (non-hydrogen) atoms. The molecular formula is C31H21BS. The van der Waals surface area contributed by atoms with E-state index in [9.17, 15) is 0 Å². The molecule has 2 heteroatoms. The minimum absolute atomic E-state index is 0.224. The van der Waals surface area contributed by atoms with Crippen LogP contribution in [0.4, 0.5) is 0 Å². The fourth-order valence-electron chi connectivity index (χ4n) is 4.00. The molecule has 0 nitrogen and oxygen atoms in total. The third kappa shape index (κ3) is 4.83. The first kappa shape index (κ1) is 21.0. The van der Waals surface area contributed by atoms with Gasteiger partial charge in [0.1, 0.15) is 0 Å². The van der Waals surface area contributed by atoms with Crippen LogP contribution < -0.4 is 10.9 Å². The van der Waals surface area contributed by atoms with Gasteiger partial charge in [0.2, 0.25) is 0 Å². The van der Waals surface area contributed by atoms with E-state index in [0.29, 0.717) is 0 Å². The van der Waals surface area contributed by atoms with Gasteiger partial charge in [-0.1, -0.05) is 107 Å². The Morgan fingerprint density at radius 1 is 0.515 bits per heavy atom. The Hall–Kier alpha value is -3.85. The van der Waals surface area contributed by atoms with Crippen LogP contribution in [0.25, 0.3) is 12.2 Å². The SMILES string of the molecule is CSB1c2cc(C#Cc3ccccc3)ccc2C=Cc2ccc(C#Cc3ccccc3)cc21. The Morgan fingerprint density at radius 3 is 1.36 bits per heavy atom. The number of hydrogen-bond donors (Lipinski definition) is 0. The summed E-state index contributed by atoms with van der Waals surface area (Å²) in [6.45, 7) is 0. The molecule has 0 N–H and O–H groups in total. The maximum Gasteiger partial charge on any atom is 0.275 e. The first-order chi connectivity index (χ1) is 16.3. The van der Waals surface area contributed by atoms with Gasteiger partial charge in [-0.25, -0.2) is 11.6 Å². The first-order valence-corrected chi connectivity index (χ1v) is 12.2. The lowest BCUT2D eigenvalue weighted by Crippen LogP contribution is -2.41. The van der Waals surface area contributed by atoms with E-state index in [1.165, 1.54) is 22.1 Å². The van der Waals surface area contributed by atoms with Crippen LogP contribution in [0, 0.1) is 23.7 Å². The molecule has 0 saturated heterocycles. The second-order valence-electron chi connectivity index (χ2n) is 7.87. The van der Waals surface area contributed by atoms with Gasteiger partial charge in [0.25, 0.3) is 5.99 Å². The highest BCUT2D eigenvalue weighted by atomic mass is 32.2. The van der Waals surface area contributed by atoms with Crippen molar-refractivity contribution >= 4 is 40.7 Å². The molecule has 0 aromatic heterocycles. The molecule has 4 aromatic carbocycles. The van der Waals surface area contributed by atoms with Crippen LogP contribution in [0.15, 0.2) is 97.1 Å². The Kier molecular flexibility index (Phi) is 6.21. The Morgan fingerprint density at radius 2 is 0.939 bits per heavy atom. The molecule has 5 rings (SSSR count). The highest BCUT2D eigenvalue weighted by molar-refractivity contribution is 8.27. The highest BCUT2D eigenvalue weighted by Gasteiger charge is 2.25. The van der Waals surface area contributed by atoms with Crippen molar-refractivity contribution < 1.29 is 0 Å². The largest absolute Gasteiger partial charge is 0.275 e. The second kappa shape index (κ2) is 9.75. The van der Waals surface area contributed by atoms with Crippen molar-refractivity contribution in [3.8, 4) is 23.7 Å². The quantitative estimate of drug-likeness (QED) is 0.283. The van der Waals surface area contributed by atoms with Crippen LogP contribution in [0.5, 0.6) is 0 Å². The van der Waals surface area contributed by atoms with E-state index in [1.807, 2.05) is 72.3 Å². The van der Waals surface area contributed by atoms with Crippen molar-refractivity contribution in [2.75, 3.05) is 6.26 Å². The second-order valence-corrected chi connectivity index (χ2v) is 8.81. The number of fused-ring (bicyclic) bond motifs is 2. The third-order valence-corrected chi connectivity index (χ3v) is 6.65. The zero-order chi connectivity index (χ0) is 22.5. The van der Waals surface area contributed by atoms with E-state index in [1.54, 1.807) is 0 Å². The topological polar surface area (TPSA) is 0 Å². The van der Waals surface area contributed by atoms with E-state index in [-0.39, 0.29) is 5.99 Å². The summed E-state index contributed by atoms with van der Waals surface area (Å²) in [7, 11) is 0. The van der Waals surface area contributed by atoms with Crippen molar-refractivity contribution in [1.29, 1.82) is 0 Å². The Bertz CT molecular complexity index is 1330. The molecule has 0 atom stereocenters. The van der Waals surface area contributed by atoms with Gasteiger partial charge in [-0.2, -0.15) is 0 Å². The molecule has 154 valence electrons. The van der Waals surface area contributed by atoms with Gasteiger partial charge >= 0.3 is 0 Å². The standard InChI is InChI=1S/C31H21BS/c1-33-32-30-22-26(14-12-24-8-4-2-5-9-24)16-18-28(30)20-21-29-19-17-27(23-31(29)32)15-13-25-10-6-3-7-11-25/h2-11,16-23H,1H3. The maximum atomic E-state index is 3.34. The zero-order valence-electron chi connectivity index (χ0n) is 18.4. The minimum Gasteiger partial charge on any atom is -0.200 e. The highest BCUT2D eigenvalue weighted by Crippen LogP contribution is 2.19. The fraction of sp³-hybridized carbons (Fsp3) is 0.0323. The Labute approximate surface area is 200 Å². The van der Waals surface area contributed by atoms with Gasteiger partial charge in [-0.3, -0.25) is 0 Å². The number of hydrogen-bond acceptors (Lipinski definition) is 1. The van der Waals surface area contributed by atoms with Gasteiger partial charge in [0.05, 0.1) is 0 Å². The molecule has 0 amide bonds. The van der Waals surface area contributed by atoms with Crippen molar-refractivity contribution in [1.82, 2.24) is 0 Å². The first-order valence-electron chi connectivity index (χ1n) is 10.9. The van der Waals surface area contributed by atoms with Gasteiger partial charge in [0, 0.05) is 22.3 Å². The van der Waals surface area contributed by atoms with E-state index in [4.69, 9.17) is 0 Å². The zero-order valence-corrected chi connectivity index (χ0v) is 19.2. The van der Waals surface area contributed by atoms with E-state index in [0.717, 1.165) is 22.3 Å². The number of rotatable bonds is 1. The molecular weight excluding hydrogens is 415 g/mol. The summed E-state index contributed by atoms with van der Waals surface area (Å²) in [4.78, 5) is 0. The predicted molar refractivity (Wildman–Crippen MR) is 145 cm³/mol. The van der Waals surface area contributed by atoms with Gasteiger partial charge < -0.3 is 0 Å². The molecule has 0 saturated carbocycles. The summed E-state index contributed by atoms with van der Waals surface area (Å²) in [5, 5.41) is 0. The molecule has 0 fully saturated rings. The lowest BCUT2D eigenvalue weighted by atomic mass is 9.59. The van der Waals surface area contributed by atoms with Gasteiger partial charge in [-0.05, 0) is 53.8 Å². The third-order valence-electron chi connectivity index (χ3n) is 5.67. The van der Waals surface area contributed by atoms with Crippen LogP contribution in [0.3, 0.4) is 0 Å². The van der Waals surface area contributed by atoms with Crippen LogP contribution in [-0.2, 0) is 0 Å². The molecule has 0 bridgehead atoms. The normalized spacial score (nSPS) is 11.2. The van der Waals surface area contributed by atoms with Crippen molar-refractivity contribution in [3.05, 3.63) is 130 Å². The molecule has 1 aliphatic rings.